The van der Waals surface area contributed by atoms with Gasteiger partial charge in [0, 0.05) is 12.1 Å². The molecular formula is C9H15NO2. The Morgan fingerprint density at radius 3 is 2.83 bits per heavy atom. The van der Waals surface area contributed by atoms with E-state index in [1.807, 2.05) is 6.92 Å². The molecule has 3 N–H and O–H groups in total. The van der Waals surface area contributed by atoms with Gasteiger partial charge in [0.1, 0.15) is 5.60 Å². The van der Waals surface area contributed by atoms with E-state index in [9.17, 15) is 5.11 Å². The van der Waals surface area contributed by atoms with Crippen molar-refractivity contribution in [2.75, 3.05) is 6.54 Å². The third kappa shape index (κ3) is 1.68. The van der Waals surface area contributed by atoms with Crippen molar-refractivity contribution in [3.05, 3.63) is 24.2 Å². The van der Waals surface area contributed by atoms with Crippen molar-refractivity contribution in [3.8, 4) is 0 Å². The van der Waals surface area contributed by atoms with Crippen LogP contribution in [0.1, 0.15) is 25.3 Å². The molecule has 68 valence electrons. The van der Waals surface area contributed by atoms with Gasteiger partial charge in [0.15, 0.2) is 0 Å². The van der Waals surface area contributed by atoms with Crippen LogP contribution in [0.25, 0.3) is 0 Å². The van der Waals surface area contributed by atoms with Crippen LogP contribution >= 0.6 is 0 Å². The Balaban J connectivity index is 2.80. The fourth-order valence-electron chi connectivity index (χ4n) is 1.31. The highest BCUT2D eigenvalue weighted by Gasteiger charge is 2.27. The molecule has 0 aliphatic rings. The maximum atomic E-state index is 10.00. The molecule has 0 aliphatic heterocycles. The predicted octanol–water partition coefficient (Wildman–Crippen LogP) is 1.23. The van der Waals surface area contributed by atoms with Crippen LogP contribution in [0.2, 0.25) is 0 Å². The molecule has 0 amide bonds. The lowest BCUT2D eigenvalue weighted by molar-refractivity contribution is 0.0354. The number of hydrogen-bond donors (Lipinski definition) is 2. The van der Waals surface area contributed by atoms with E-state index in [0.29, 0.717) is 6.42 Å². The highest BCUT2D eigenvalue weighted by Crippen LogP contribution is 2.25. The first-order valence-electron chi connectivity index (χ1n) is 4.18. The molecule has 1 aromatic heterocycles. The molecule has 0 saturated carbocycles. The molecule has 0 saturated heterocycles. The van der Waals surface area contributed by atoms with Crippen molar-refractivity contribution in [1.82, 2.24) is 0 Å². The average Bonchev–Trinajstić information content (AvgIpc) is 2.57. The molecule has 0 bridgehead atoms. The molecule has 0 radical (unpaired) electrons. The van der Waals surface area contributed by atoms with Gasteiger partial charge in [-0.05, 0) is 12.5 Å². The van der Waals surface area contributed by atoms with Crippen LogP contribution in [-0.4, -0.2) is 11.7 Å². The Labute approximate surface area is 72.2 Å². The summed E-state index contributed by atoms with van der Waals surface area (Å²) >= 11 is 0. The molecule has 1 unspecified atom stereocenters. The molecule has 0 aliphatic carbocycles. The molecular weight excluding hydrogens is 154 g/mol. The summed E-state index contributed by atoms with van der Waals surface area (Å²) in [6.07, 6.45) is 4.66. The summed E-state index contributed by atoms with van der Waals surface area (Å²) in [7, 11) is 0. The van der Waals surface area contributed by atoms with Crippen LogP contribution in [0, 0.1) is 0 Å². The van der Waals surface area contributed by atoms with Crippen molar-refractivity contribution in [3.63, 3.8) is 0 Å². The van der Waals surface area contributed by atoms with E-state index in [1.165, 1.54) is 0 Å². The molecule has 1 atom stereocenters. The molecule has 3 nitrogen and oxygen atoms in total. The van der Waals surface area contributed by atoms with E-state index < -0.39 is 5.60 Å². The summed E-state index contributed by atoms with van der Waals surface area (Å²) in [5.41, 5.74) is 5.36. The summed E-state index contributed by atoms with van der Waals surface area (Å²) in [6.45, 7) is 2.25. The van der Waals surface area contributed by atoms with Crippen LogP contribution < -0.4 is 5.73 Å². The van der Waals surface area contributed by atoms with Gasteiger partial charge in [0.2, 0.25) is 0 Å². The lowest BCUT2D eigenvalue weighted by Crippen LogP contribution is -2.34. The maximum absolute atomic E-state index is 10.00. The summed E-state index contributed by atoms with van der Waals surface area (Å²) in [6, 6.07) is 1.75. The standard InChI is InChI=1S/C9H15NO2/c1-2-4-9(11,7-10)8-3-5-12-6-8/h3,5-6,11H,2,4,7,10H2,1H3. The third-order valence-electron chi connectivity index (χ3n) is 2.06. The van der Waals surface area contributed by atoms with E-state index in [4.69, 9.17) is 10.2 Å². The molecule has 12 heavy (non-hydrogen) atoms. The lowest BCUT2D eigenvalue weighted by Gasteiger charge is -2.24. The number of aliphatic hydroxyl groups is 1. The summed E-state index contributed by atoms with van der Waals surface area (Å²) in [5, 5.41) is 10.00. The zero-order chi connectivity index (χ0) is 9.03. The number of furan rings is 1. The van der Waals surface area contributed by atoms with Crippen molar-refractivity contribution < 1.29 is 9.52 Å². The Kier molecular flexibility index (Phi) is 2.89. The smallest absolute Gasteiger partial charge is 0.105 e. The number of hydrogen-bond acceptors (Lipinski definition) is 3. The van der Waals surface area contributed by atoms with E-state index in [0.717, 1.165) is 12.0 Å². The summed E-state index contributed by atoms with van der Waals surface area (Å²) in [5.74, 6) is 0. The minimum atomic E-state index is -0.901. The summed E-state index contributed by atoms with van der Waals surface area (Å²) in [4.78, 5) is 0. The van der Waals surface area contributed by atoms with Gasteiger partial charge in [-0.1, -0.05) is 13.3 Å². The van der Waals surface area contributed by atoms with Gasteiger partial charge in [0.25, 0.3) is 0 Å². The Morgan fingerprint density at radius 1 is 1.67 bits per heavy atom. The molecule has 1 rings (SSSR count). The second-order valence-electron chi connectivity index (χ2n) is 3.00. The second-order valence-corrected chi connectivity index (χ2v) is 3.00. The largest absolute Gasteiger partial charge is 0.472 e. The molecule has 0 spiro atoms. The first-order chi connectivity index (χ1) is 5.73. The third-order valence-corrected chi connectivity index (χ3v) is 2.06. The predicted molar refractivity (Wildman–Crippen MR) is 46.6 cm³/mol. The van der Waals surface area contributed by atoms with E-state index >= 15 is 0 Å². The average molecular weight is 169 g/mol. The lowest BCUT2D eigenvalue weighted by atomic mass is 9.92. The van der Waals surface area contributed by atoms with Gasteiger partial charge in [-0.25, -0.2) is 0 Å². The number of rotatable bonds is 4. The van der Waals surface area contributed by atoms with Crippen LogP contribution in [-0.2, 0) is 5.60 Å². The zero-order valence-electron chi connectivity index (χ0n) is 7.29. The highest BCUT2D eigenvalue weighted by atomic mass is 16.3. The quantitative estimate of drug-likeness (QED) is 0.712. The Morgan fingerprint density at radius 2 is 2.42 bits per heavy atom. The van der Waals surface area contributed by atoms with Crippen molar-refractivity contribution in [2.45, 2.75) is 25.4 Å². The molecule has 1 heterocycles. The SMILES string of the molecule is CCCC(O)(CN)c1ccoc1. The highest BCUT2D eigenvalue weighted by molar-refractivity contribution is 5.16. The molecule has 3 heteroatoms. The van der Waals surface area contributed by atoms with Gasteiger partial charge in [-0.3, -0.25) is 0 Å². The monoisotopic (exact) mass is 169 g/mol. The maximum Gasteiger partial charge on any atom is 0.105 e. The van der Waals surface area contributed by atoms with E-state index in [1.54, 1.807) is 18.6 Å². The van der Waals surface area contributed by atoms with E-state index in [2.05, 4.69) is 0 Å². The molecule has 0 fully saturated rings. The topological polar surface area (TPSA) is 59.4 Å². The van der Waals surface area contributed by atoms with E-state index in [-0.39, 0.29) is 6.54 Å². The van der Waals surface area contributed by atoms with Crippen LogP contribution in [0.3, 0.4) is 0 Å². The van der Waals surface area contributed by atoms with Crippen molar-refractivity contribution in [2.24, 2.45) is 5.73 Å². The Hall–Kier alpha value is -0.800. The van der Waals surface area contributed by atoms with Gasteiger partial charge >= 0.3 is 0 Å². The minimum Gasteiger partial charge on any atom is -0.472 e. The van der Waals surface area contributed by atoms with Gasteiger partial charge in [-0.15, -0.1) is 0 Å². The summed E-state index contributed by atoms with van der Waals surface area (Å²) < 4.78 is 4.89. The van der Waals surface area contributed by atoms with Crippen molar-refractivity contribution >= 4 is 0 Å². The first kappa shape index (κ1) is 9.29. The first-order valence-corrected chi connectivity index (χ1v) is 4.18. The van der Waals surface area contributed by atoms with Gasteiger partial charge in [-0.2, -0.15) is 0 Å². The van der Waals surface area contributed by atoms with Crippen LogP contribution in [0.5, 0.6) is 0 Å². The second kappa shape index (κ2) is 3.74. The normalized spacial score (nSPS) is 15.9. The van der Waals surface area contributed by atoms with Gasteiger partial charge in [0.05, 0.1) is 12.5 Å². The zero-order valence-corrected chi connectivity index (χ0v) is 7.29. The minimum absolute atomic E-state index is 0.236. The fraction of sp³-hybridized carbons (Fsp3) is 0.556. The van der Waals surface area contributed by atoms with Crippen molar-refractivity contribution in [1.29, 1.82) is 0 Å². The number of nitrogens with two attached hydrogens (primary N) is 1. The van der Waals surface area contributed by atoms with Gasteiger partial charge < -0.3 is 15.3 Å². The van der Waals surface area contributed by atoms with Crippen LogP contribution in [0.4, 0.5) is 0 Å². The van der Waals surface area contributed by atoms with Crippen LogP contribution in [0.15, 0.2) is 23.0 Å². The fourth-order valence-corrected chi connectivity index (χ4v) is 1.31. The molecule has 0 aromatic carbocycles. The molecule has 1 aromatic rings. The Bertz CT molecular complexity index is 220.